The molecule has 0 spiro atoms. The number of rotatable bonds is 7. The monoisotopic (exact) mass is 512 g/mol. The minimum Gasteiger partial charge on any atom is -0.444 e. The molecule has 1 aromatic heterocycles. The van der Waals surface area contributed by atoms with Crippen molar-refractivity contribution in [1.82, 2.24) is 20.2 Å². The Labute approximate surface area is 216 Å². The van der Waals surface area contributed by atoms with Crippen LogP contribution in [-0.4, -0.2) is 69.9 Å². The predicted octanol–water partition coefficient (Wildman–Crippen LogP) is 3.02. The fourth-order valence-corrected chi connectivity index (χ4v) is 3.64. The number of nitrogens with zero attached hydrogens (tertiary/aromatic N) is 3. The van der Waals surface area contributed by atoms with Gasteiger partial charge < -0.3 is 25.8 Å². The van der Waals surface area contributed by atoms with Gasteiger partial charge in [0.2, 0.25) is 11.9 Å². The number of carbonyl (C=O) groups is 2. The van der Waals surface area contributed by atoms with Crippen LogP contribution in [-0.2, 0) is 9.53 Å². The number of halogens is 1. The van der Waals surface area contributed by atoms with E-state index >= 15 is 0 Å². The molecule has 3 rings (SSSR count). The minimum atomic E-state index is -0.770. The lowest BCUT2D eigenvalue weighted by atomic mass is 10.2. The molecule has 37 heavy (non-hydrogen) atoms. The summed E-state index contributed by atoms with van der Waals surface area (Å²) in [6.45, 7) is 5.68. The number of unbranched alkanes of at least 4 members (excludes halogenated alkanes) is 1. The molecule has 10 nitrogen and oxygen atoms in total. The lowest BCUT2D eigenvalue weighted by Gasteiger charge is -2.27. The van der Waals surface area contributed by atoms with Crippen LogP contribution in [0, 0.1) is 17.7 Å². The third kappa shape index (κ3) is 8.32. The highest BCUT2D eigenvalue weighted by Crippen LogP contribution is 2.22. The molecule has 1 aliphatic heterocycles. The maximum Gasteiger partial charge on any atom is 0.411 e. The van der Waals surface area contributed by atoms with Crippen LogP contribution in [0.25, 0.3) is 0 Å². The van der Waals surface area contributed by atoms with Gasteiger partial charge in [0, 0.05) is 32.1 Å². The Hall–Kier alpha value is -3.91. The van der Waals surface area contributed by atoms with E-state index in [-0.39, 0.29) is 24.7 Å². The second kappa shape index (κ2) is 12.4. The van der Waals surface area contributed by atoms with E-state index in [2.05, 4.69) is 37.8 Å². The first-order valence-corrected chi connectivity index (χ1v) is 12.1. The molecular formula is C26H33FN6O4. The Morgan fingerprint density at radius 2 is 2.00 bits per heavy atom. The van der Waals surface area contributed by atoms with Crippen molar-refractivity contribution in [2.75, 3.05) is 30.8 Å². The first-order valence-electron chi connectivity index (χ1n) is 12.1. The zero-order chi connectivity index (χ0) is 27.0. The second-order valence-corrected chi connectivity index (χ2v) is 9.57. The maximum absolute atomic E-state index is 13.1. The second-order valence-electron chi connectivity index (χ2n) is 9.57. The normalized spacial score (nSPS) is 17.0. The highest BCUT2D eigenvalue weighted by atomic mass is 19.1. The Kier molecular flexibility index (Phi) is 9.25. The molecule has 1 saturated heterocycles. The highest BCUT2D eigenvalue weighted by molar-refractivity contribution is 5.86. The SMILES string of the molecule is CNc1nc(Nc2ccc(F)cc2)ncc1C#CCCCNC(=O)[C@@H]1C[C@@H](O)CN1C(=O)OC(C)(C)C. The van der Waals surface area contributed by atoms with Crippen LogP contribution in [0.2, 0.25) is 0 Å². The zero-order valence-electron chi connectivity index (χ0n) is 21.5. The van der Waals surface area contributed by atoms with Crippen molar-refractivity contribution < 1.29 is 23.8 Å². The molecule has 0 saturated carbocycles. The number of aromatic nitrogens is 2. The molecule has 1 aromatic carbocycles. The van der Waals surface area contributed by atoms with Gasteiger partial charge in [-0.3, -0.25) is 9.69 Å². The molecule has 2 heterocycles. The van der Waals surface area contributed by atoms with Crippen LogP contribution < -0.4 is 16.0 Å². The minimum absolute atomic E-state index is 0.0621. The van der Waals surface area contributed by atoms with Gasteiger partial charge in [0.1, 0.15) is 23.3 Å². The molecule has 1 fully saturated rings. The number of β-amino-alcohol motifs (C(OH)–C–C–N with tert-alkyl or cyclic N) is 1. The number of nitrogens with one attached hydrogen (secondary N) is 3. The summed E-state index contributed by atoms with van der Waals surface area (Å²) in [6.07, 6.45) is 1.49. The molecule has 0 aliphatic carbocycles. The summed E-state index contributed by atoms with van der Waals surface area (Å²) in [6, 6.07) is 5.10. The summed E-state index contributed by atoms with van der Waals surface area (Å²) in [5, 5.41) is 18.8. The van der Waals surface area contributed by atoms with Gasteiger partial charge in [-0.15, -0.1) is 0 Å². The van der Waals surface area contributed by atoms with E-state index in [0.29, 0.717) is 42.4 Å². The van der Waals surface area contributed by atoms with Crippen LogP contribution >= 0.6 is 0 Å². The molecule has 0 radical (unpaired) electrons. The van der Waals surface area contributed by atoms with Gasteiger partial charge in [-0.25, -0.2) is 14.2 Å². The van der Waals surface area contributed by atoms with Gasteiger partial charge in [-0.2, -0.15) is 4.98 Å². The van der Waals surface area contributed by atoms with Crippen molar-refractivity contribution in [1.29, 1.82) is 0 Å². The van der Waals surface area contributed by atoms with E-state index in [4.69, 9.17) is 4.74 Å². The number of anilines is 3. The zero-order valence-corrected chi connectivity index (χ0v) is 21.5. The average Bonchev–Trinajstić information content (AvgIpc) is 3.24. The smallest absolute Gasteiger partial charge is 0.411 e. The van der Waals surface area contributed by atoms with Crippen molar-refractivity contribution in [3.8, 4) is 11.8 Å². The Balaban J connectivity index is 1.48. The number of aliphatic hydroxyl groups is 1. The number of hydrogen-bond acceptors (Lipinski definition) is 8. The van der Waals surface area contributed by atoms with E-state index in [0.717, 1.165) is 0 Å². The number of aliphatic hydroxyl groups excluding tert-OH is 1. The Bertz CT molecular complexity index is 1160. The Morgan fingerprint density at radius 1 is 1.27 bits per heavy atom. The van der Waals surface area contributed by atoms with E-state index in [1.165, 1.54) is 17.0 Å². The van der Waals surface area contributed by atoms with Crippen molar-refractivity contribution in [3.63, 3.8) is 0 Å². The number of ether oxygens (including phenoxy) is 1. The fourth-order valence-electron chi connectivity index (χ4n) is 3.64. The van der Waals surface area contributed by atoms with Crippen LogP contribution in [0.1, 0.15) is 45.6 Å². The number of hydrogen-bond donors (Lipinski definition) is 4. The molecule has 198 valence electrons. The van der Waals surface area contributed by atoms with Gasteiger partial charge in [-0.1, -0.05) is 11.8 Å². The first kappa shape index (κ1) is 27.7. The summed E-state index contributed by atoms with van der Waals surface area (Å²) in [4.78, 5) is 35.0. The molecular weight excluding hydrogens is 479 g/mol. The lowest BCUT2D eigenvalue weighted by Crippen LogP contribution is -2.47. The van der Waals surface area contributed by atoms with Gasteiger partial charge in [0.25, 0.3) is 0 Å². The van der Waals surface area contributed by atoms with Crippen LogP contribution in [0.15, 0.2) is 30.5 Å². The van der Waals surface area contributed by atoms with E-state index in [1.807, 2.05) is 0 Å². The fraction of sp³-hybridized carbons (Fsp3) is 0.462. The molecule has 4 N–H and O–H groups in total. The topological polar surface area (TPSA) is 129 Å². The molecule has 2 atom stereocenters. The van der Waals surface area contributed by atoms with Crippen LogP contribution in [0.4, 0.5) is 26.6 Å². The van der Waals surface area contributed by atoms with Crippen LogP contribution in [0.5, 0.6) is 0 Å². The van der Waals surface area contributed by atoms with Crippen LogP contribution in [0.3, 0.4) is 0 Å². The quantitative estimate of drug-likeness (QED) is 0.329. The third-order valence-corrected chi connectivity index (χ3v) is 5.34. The molecule has 2 aromatic rings. The molecule has 0 bridgehead atoms. The first-order chi connectivity index (χ1) is 17.6. The summed E-state index contributed by atoms with van der Waals surface area (Å²) in [7, 11) is 1.73. The van der Waals surface area contributed by atoms with Crippen molar-refractivity contribution in [2.45, 2.75) is 57.8 Å². The summed E-state index contributed by atoms with van der Waals surface area (Å²) < 4.78 is 18.4. The summed E-state index contributed by atoms with van der Waals surface area (Å²) in [5.41, 5.74) is 0.580. The van der Waals surface area contributed by atoms with Gasteiger partial charge in [0.15, 0.2) is 0 Å². The van der Waals surface area contributed by atoms with Crippen molar-refractivity contribution in [2.24, 2.45) is 0 Å². The average molecular weight is 513 g/mol. The lowest BCUT2D eigenvalue weighted by molar-refractivity contribution is -0.125. The molecule has 1 aliphatic rings. The standard InChI is InChI=1S/C26H33FN6O4/c1-26(2,3)37-25(36)33-16-20(34)14-21(33)23(35)29-13-7-5-6-8-17-15-30-24(32-22(17)28-4)31-19-11-9-18(27)10-12-19/h9-12,15,20-21,34H,5,7,13-14,16H2,1-4H3,(H,29,35)(H2,28,30,31,32)/t20-,21+/m1/s1. The Morgan fingerprint density at radius 3 is 2.68 bits per heavy atom. The van der Waals surface area contributed by atoms with Crippen molar-refractivity contribution in [3.05, 3.63) is 41.8 Å². The number of likely N-dealkylation sites (tertiary alicyclic amines) is 1. The van der Waals surface area contributed by atoms with Crippen molar-refractivity contribution >= 4 is 29.5 Å². The summed E-state index contributed by atoms with van der Waals surface area (Å²) in [5.74, 6) is 6.31. The van der Waals surface area contributed by atoms with E-state index in [9.17, 15) is 19.1 Å². The van der Waals surface area contributed by atoms with E-state index in [1.54, 1.807) is 46.1 Å². The number of amides is 2. The molecule has 0 unspecified atom stereocenters. The van der Waals surface area contributed by atoms with Gasteiger partial charge >= 0.3 is 6.09 Å². The van der Waals surface area contributed by atoms with E-state index < -0.39 is 23.8 Å². The molecule has 11 heteroatoms. The molecule has 2 amide bonds. The number of benzene rings is 1. The largest absolute Gasteiger partial charge is 0.444 e. The maximum atomic E-state index is 13.1. The predicted molar refractivity (Wildman–Crippen MR) is 138 cm³/mol. The number of carbonyl (C=O) groups excluding carboxylic acids is 2. The van der Waals surface area contributed by atoms with Gasteiger partial charge in [-0.05, 0) is 51.5 Å². The highest BCUT2D eigenvalue weighted by Gasteiger charge is 2.40. The summed E-state index contributed by atoms with van der Waals surface area (Å²) >= 11 is 0. The third-order valence-electron chi connectivity index (χ3n) is 5.34. The van der Waals surface area contributed by atoms with Gasteiger partial charge in [0.05, 0.1) is 24.4 Å².